The van der Waals surface area contributed by atoms with Gasteiger partial charge in [0.2, 0.25) is 0 Å². The maximum atomic E-state index is 4.90. The van der Waals surface area contributed by atoms with Crippen molar-refractivity contribution in [1.29, 1.82) is 0 Å². The summed E-state index contributed by atoms with van der Waals surface area (Å²) in [5.74, 6) is 0.870. The Hall–Kier alpha value is -2.30. The van der Waals surface area contributed by atoms with Crippen molar-refractivity contribution in [2.45, 2.75) is 66.3 Å². The van der Waals surface area contributed by atoms with Crippen molar-refractivity contribution >= 4 is 5.96 Å². The number of guanidine groups is 1. The van der Waals surface area contributed by atoms with E-state index in [-0.39, 0.29) is 11.5 Å². The number of benzene rings is 1. The highest BCUT2D eigenvalue weighted by molar-refractivity contribution is 5.80. The predicted molar refractivity (Wildman–Crippen MR) is 119 cm³/mol. The largest absolute Gasteiger partial charge is 0.357 e. The first-order valence-corrected chi connectivity index (χ1v) is 10.2. The molecule has 0 aliphatic heterocycles. The lowest BCUT2D eigenvalue weighted by molar-refractivity contribution is 0.534. The Labute approximate surface area is 170 Å². The zero-order valence-corrected chi connectivity index (χ0v) is 18.8. The first-order valence-electron chi connectivity index (χ1n) is 10.2. The number of aromatic nitrogens is 2. The topological polar surface area (TPSA) is 54.2 Å². The van der Waals surface area contributed by atoms with Crippen LogP contribution in [-0.4, -0.2) is 34.9 Å². The van der Waals surface area contributed by atoms with Gasteiger partial charge in [0.05, 0.1) is 12.2 Å². The van der Waals surface area contributed by atoms with Crippen LogP contribution in [0.25, 0.3) is 0 Å². The van der Waals surface area contributed by atoms with Crippen molar-refractivity contribution in [3.05, 3.63) is 52.3 Å². The molecule has 0 aliphatic carbocycles. The summed E-state index contributed by atoms with van der Waals surface area (Å²) >= 11 is 0. The van der Waals surface area contributed by atoms with Crippen LogP contribution in [0.1, 0.15) is 55.8 Å². The normalized spacial score (nSPS) is 13.5. The van der Waals surface area contributed by atoms with Crippen LogP contribution in [0.2, 0.25) is 0 Å². The first-order chi connectivity index (χ1) is 13.1. The Balaban J connectivity index is 2.09. The molecule has 1 aromatic carbocycles. The summed E-state index contributed by atoms with van der Waals surface area (Å²) in [6.07, 6.45) is 0.928. The zero-order valence-electron chi connectivity index (χ0n) is 18.8. The van der Waals surface area contributed by atoms with Crippen LogP contribution in [0, 0.1) is 20.8 Å². The number of rotatable bonds is 7. The van der Waals surface area contributed by atoms with Crippen LogP contribution in [0.15, 0.2) is 29.3 Å². The van der Waals surface area contributed by atoms with Crippen LogP contribution in [0.4, 0.5) is 0 Å². The van der Waals surface area contributed by atoms with Gasteiger partial charge in [-0.2, -0.15) is 5.10 Å². The van der Waals surface area contributed by atoms with E-state index in [0.717, 1.165) is 31.2 Å². The summed E-state index contributed by atoms with van der Waals surface area (Å²) in [6.45, 7) is 16.7. The number of nitrogens with one attached hydrogen (secondary N) is 2. The van der Waals surface area contributed by atoms with Crippen molar-refractivity contribution in [2.75, 3.05) is 13.1 Å². The number of aliphatic imine (C=N–C) groups is 1. The maximum absolute atomic E-state index is 4.90. The summed E-state index contributed by atoms with van der Waals surface area (Å²) in [6, 6.07) is 8.98. The van der Waals surface area contributed by atoms with E-state index in [1.807, 2.05) is 11.7 Å². The maximum Gasteiger partial charge on any atom is 0.191 e. The highest BCUT2D eigenvalue weighted by Gasteiger charge is 2.21. The fourth-order valence-electron chi connectivity index (χ4n) is 3.46. The van der Waals surface area contributed by atoms with E-state index in [0.29, 0.717) is 0 Å². The van der Waals surface area contributed by atoms with Gasteiger partial charge in [0, 0.05) is 30.7 Å². The van der Waals surface area contributed by atoms with Gasteiger partial charge < -0.3 is 10.6 Å². The molecule has 1 atom stereocenters. The molecule has 1 heterocycles. The molecule has 0 saturated carbocycles. The minimum absolute atomic E-state index is 0.0197. The molecule has 0 amide bonds. The molecule has 154 valence electrons. The summed E-state index contributed by atoms with van der Waals surface area (Å²) < 4.78 is 1.96. The number of hydrogen-bond donors (Lipinski definition) is 2. The Bertz CT molecular complexity index is 816. The molecule has 2 N–H and O–H groups in total. The molecule has 1 aromatic heterocycles. The summed E-state index contributed by atoms with van der Waals surface area (Å²) in [4.78, 5) is 4.90. The lowest BCUT2D eigenvalue weighted by Crippen LogP contribution is -2.43. The van der Waals surface area contributed by atoms with Crippen molar-refractivity contribution in [1.82, 2.24) is 20.4 Å². The molecule has 5 heteroatoms. The fraction of sp³-hybridized carbons (Fsp3) is 0.565. The van der Waals surface area contributed by atoms with Gasteiger partial charge in [-0.1, -0.05) is 43.7 Å². The lowest BCUT2D eigenvalue weighted by atomic mass is 9.84. The van der Waals surface area contributed by atoms with Gasteiger partial charge in [0.25, 0.3) is 0 Å². The minimum Gasteiger partial charge on any atom is -0.357 e. The molecular formula is C23H37N5. The van der Waals surface area contributed by atoms with E-state index in [1.165, 1.54) is 22.4 Å². The standard InChI is InChI=1S/C23H37N5/c1-9-24-22(25-15-23(6,7)20-12-10-11-16(2)13-20)26-17(3)14-21-18(4)27-28(8)19(21)5/h10-13,17H,9,14-15H2,1-8H3,(H2,24,25,26). The molecule has 0 saturated heterocycles. The van der Waals surface area contributed by atoms with E-state index < -0.39 is 0 Å². The van der Waals surface area contributed by atoms with E-state index in [2.05, 4.69) is 88.5 Å². The average molecular weight is 384 g/mol. The van der Waals surface area contributed by atoms with E-state index in [9.17, 15) is 0 Å². The number of aryl methyl sites for hydroxylation is 3. The number of hydrogen-bond acceptors (Lipinski definition) is 2. The molecular weight excluding hydrogens is 346 g/mol. The summed E-state index contributed by atoms with van der Waals surface area (Å²) in [7, 11) is 2.00. The van der Waals surface area contributed by atoms with Crippen LogP contribution < -0.4 is 10.6 Å². The molecule has 0 bridgehead atoms. The smallest absolute Gasteiger partial charge is 0.191 e. The van der Waals surface area contributed by atoms with E-state index in [1.54, 1.807) is 0 Å². The minimum atomic E-state index is -0.0197. The van der Waals surface area contributed by atoms with Gasteiger partial charge in [-0.15, -0.1) is 0 Å². The third-order valence-electron chi connectivity index (χ3n) is 5.33. The van der Waals surface area contributed by atoms with Crippen molar-refractivity contribution < 1.29 is 0 Å². The van der Waals surface area contributed by atoms with Crippen molar-refractivity contribution in [2.24, 2.45) is 12.0 Å². The Kier molecular flexibility index (Phi) is 7.28. The molecule has 5 nitrogen and oxygen atoms in total. The van der Waals surface area contributed by atoms with Gasteiger partial charge in [0.1, 0.15) is 0 Å². The van der Waals surface area contributed by atoms with Gasteiger partial charge in [0.15, 0.2) is 5.96 Å². The predicted octanol–water partition coefficient (Wildman–Crippen LogP) is 3.81. The van der Waals surface area contributed by atoms with Crippen LogP contribution in [0.3, 0.4) is 0 Å². The third-order valence-corrected chi connectivity index (χ3v) is 5.33. The zero-order chi connectivity index (χ0) is 20.9. The molecule has 28 heavy (non-hydrogen) atoms. The molecule has 2 rings (SSSR count). The second-order valence-corrected chi connectivity index (χ2v) is 8.47. The highest BCUT2D eigenvalue weighted by atomic mass is 15.3. The van der Waals surface area contributed by atoms with Gasteiger partial charge >= 0.3 is 0 Å². The van der Waals surface area contributed by atoms with Crippen LogP contribution in [0.5, 0.6) is 0 Å². The quantitative estimate of drug-likeness (QED) is 0.565. The highest BCUT2D eigenvalue weighted by Crippen LogP contribution is 2.24. The van der Waals surface area contributed by atoms with Crippen molar-refractivity contribution in [3.8, 4) is 0 Å². The molecule has 0 radical (unpaired) electrons. The monoisotopic (exact) mass is 383 g/mol. The van der Waals surface area contributed by atoms with E-state index >= 15 is 0 Å². The summed E-state index contributed by atoms with van der Waals surface area (Å²) in [5, 5.41) is 11.5. The molecule has 0 aliphatic rings. The SMILES string of the molecule is CCNC(=NCC(C)(C)c1cccc(C)c1)NC(C)Cc1c(C)nn(C)c1C. The first kappa shape index (κ1) is 22.0. The lowest BCUT2D eigenvalue weighted by Gasteiger charge is -2.25. The van der Waals surface area contributed by atoms with Crippen LogP contribution in [-0.2, 0) is 18.9 Å². The van der Waals surface area contributed by atoms with E-state index in [4.69, 9.17) is 4.99 Å². The molecule has 0 fully saturated rings. The van der Waals surface area contributed by atoms with Crippen molar-refractivity contribution in [3.63, 3.8) is 0 Å². The Morgan fingerprint density at radius 2 is 1.96 bits per heavy atom. The Morgan fingerprint density at radius 1 is 1.25 bits per heavy atom. The van der Waals surface area contributed by atoms with Gasteiger partial charge in [-0.25, -0.2) is 0 Å². The molecule has 2 aromatic rings. The molecule has 0 spiro atoms. The molecule has 1 unspecified atom stereocenters. The number of nitrogens with zero attached hydrogens (tertiary/aromatic N) is 3. The van der Waals surface area contributed by atoms with Gasteiger partial charge in [-0.05, 0) is 52.2 Å². The fourth-order valence-corrected chi connectivity index (χ4v) is 3.46. The van der Waals surface area contributed by atoms with Crippen LogP contribution >= 0.6 is 0 Å². The van der Waals surface area contributed by atoms with Gasteiger partial charge in [-0.3, -0.25) is 9.67 Å². The average Bonchev–Trinajstić information content (AvgIpc) is 2.86. The summed E-state index contributed by atoms with van der Waals surface area (Å²) in [5.41, 5.74) is 6.24. The third kappa shape index (κ3) is 5.60. The Morgan fingerprint density at radius 3 is 2.54 bits per heavy atom. The second kappa shape index (κ2) is 9.26. The second-order valence-electron chi connectivity index (χ2n) is 8.47.